The molecule has 0 saturated carbocycles. The summed E-state index contributed by atoms with van der Waals surface area (Å²) in [5.41, 5.74) is 4.15. The Morgan fingerprint density at radius 3 is 2.55 bits per heavy atom. The lowest BCUT2D eigenvalue weighted by Crippen LogP contribution is -2.41. The highest BCUT2D eigenvalue weighted by molar-refractivity contribution is 6.06. The van der Waals surface area contributed by atoms with Crippen LogP contribution in [0.2, 0.25) is 0 Å². The smallest absolute Gasteiger partial charge is 0.267 e. The maximum absolute atomic E-state index is 14.1. The SMILES string of the molecule is Cc1cccc(Cn2c(C(=O)NCCN3CCOCC3)cc3cc(NC(=O)c4ccccc4F)ccc32)c1. The van der Waals surface area contributed by atoms with Crippen molar-refractivity contribution in [3.63, 3.8) is 0 Å². The number of anilines is 1. The molecule has 0 spiro atoms. The van der Waals surface area contributed by atoms with Gasteiger partial charge in [-0.15, -0.1) is 0 Å². The van der Waals surface area contributed by atoms with Crippen LogP contribution in [0.15, 0.2) is 72.8 Å². The molecule has 4 aromatic rings. The van der Waals surface area contributed by atoms with Crippen molar-refractivity contribution in [1.29, 1.82) is 0 Å². The fraction of sp³-hybridized carbons (Fsp3) is 0.267. The number of hydrogen-bond donors (Lipinski definition) is 2. The summed E-state index contributed by atoms with van der Waals surface area (Å²) < 4.78 is 21.5. The molecule has 0 aliphatic carbocycles. The van der Waals surface area contributed by atoms with E-state index in [0.717, 1.165) is 41.7 Å². The first kappa shape index (κ1) is 25.6. The van der Waals surface area contributed by atoms with E-state index >= 15 is 0 Å². The molecule has 0 atom stereocenters. The van der Waals surface area contributed by atoms with E-state index in [1.54, 1.807) is 18.2 Å². The summed E-state index contributed by atoms with van der Waals surface area (Å²) in [7, 11) is 0. The minimum atomic E-state index is -0.577. The van der Waals surface area contributed by atoms with E-state index in [1.807, 2.05) is 47.9 Å². The number of benzene rings is 3. The minimum Gasteiger partial charge on any atom is -0.379 e. The van der Waals surface area contributed by atoms with Crippen molar-refractivity contribution in [1.82, 2.24) is 14.8 Å². The Morgan fingerprint density at radius 1 is 0.947 bits per heavy atom. The topological polar surface area (TPSA) is 75.6 Å². The van der Waals surface area contributed by atoms with Gasteiger partial charge in [-0.2, -0.15) is 0 Å². The third-order valence-electron chi connectivity index (χ3n) is 6.75. The number of ether oxygens (including phenoxy) is 1. The highest BCUT2D eigenvalue weighted by Crippen LogP contribution is 2.26. The molecule has 38 heavy (non-hydrogen) atoms. The van der Waals surface area contributed by atoms with Gasteiger partial charge in [-0.1, -0.05) is 42.0 Å². The predicted octanol–water partition coefficient (Wildman–Crippen LogP) is 4.45. The molecule has 2 amide bonds. The van der Waals surface area contributed by atoms with Crippen molar-refractivity contribution in [2.24, 2.45) is 0 Å². The molecule has 0 unspecified atom stereocenters. The van der Waals surface area contributed by atoms with Crippen molar-refractivity contribution in [2.45, 2.75) is 13.5 Å². The van der Waals surface area contributed by atoms with Crippen LogP contribution in [0.4, 0.5) is 10.1 Å². The first-order chi connectivity index (χ1) is 18.5. The summed E-state index contributed by atoms with van der Waals surface area (Å²) in [4.78, 5) is 28.2. The Hall–Kier alpha value is -4.01. The molecule has 3 aromatic carbocycles. The summed E-state index contributed by atoms with van der Waals surface area (Å²) in [6, 6.07) is 21.4. The van der Waals surface area contributed by atoms with E-state index in [4.69, 9.17) is 4.74 Å². The van der Waals surface area contributed by atoms with Crippen LogP contribution >= 0.6 is 0 Å². The number of amides is 2. The molecular formula is C30H31FN4O3. The van der Waals surface area contributed by atoms with Crippen LogP contribution in [0.1, 0.15) is 32.0 Å². The molecule has 8 heteroatoms. The number of halogens is 1. The summed E-state index contributed by atoms with van der Waals surface area (Å²) in [6.07, 6.45) is 0. The van der Waals surface area contributed by atoms with Gasteiger partial charge in [0, 0.05) is 49.3 Å². The molecule has 196 valence electrons. The average Bonchev–Trinajstić information content (AvgIpc) is 3.27. The maximum Gasteiger partial charge on any atom is 0.267 e. The average molecular weight is 515 g/mol. The molecule has 5 rings (SSSR count). The normalized spacial score (nSPS) is 13.9. The van der Waals surface area contributed by atoms with E-state index in [0.29, 0.717) is 37.7 Å². The number of rotatable bonds is 8. The number of carbonyl (C=O) groups is 2. The van der Waals surface area contributed by atoms with Crippen LogP contribution in [-0.2, 0) is 11.3 Å². The van der Waals surface area contributed by atoms with Crippen LogP contribution in [-0.4, -0.2) is 60.7 Å². The van der Waals surface area contributed by atoms with E-state index in [9.17, 15) is 14.0 Å². The van der Waals surface area contributed by atoms with Gasteiger partial charge in [0.15, 0.2) is 0 Å². The van der Waals surface area contributed by atoms with Crippen LogP contribution in [0.5, 0.6) is 0 Å². The molecule has 1 aliphatic rings. The van der Waals surface area contributed by atoms with Crippen LogP contribution < -0.4 is 10.6 Å². The van der Waals surface area contributed by atoms with Gasteiger partial charge in [-0.05, 0) is 48.9 Å². The van der Waals surface area contributed by atoms with Gasteiger partial charge in [-0.25, -0.2) is 4.39 Å². The molecule has 1 aromatic heterocycles. The van der Waals surface area contributed by atoms with Crippen LogP contribution in [0.25, 0.3) is 10.9 Å². The van der Waals surface area contributed by atoms with Crippen molar-refractivity contribution < 1.29 is 18.7 Å². The molecule has 1 aliphatic heterocycles. The summed E-state index contributed by atoms with van der Waals surface area (Å²) in [6.45, 7) is 7.03. The number of carbonyl (C=O) groups excluding carboxylic acids is 2. The Kier molecular flexibility index (Phi) is 7.81. The second-order valence-corrected chi connectivity index (χ2v) is 9.52. The molecular weight excluding hydrogens is 483 g/mol. The van der Waals surface area contributed by atoms with E-state index in [-0.39, 0.29) is 11.5 Å². The van der Waals surface area contributed by atoms with E-state index in [2.05, 4.69) is 21.6 Å². The Balaban J connectivity index is 1.40. The molecule has 0 radical (unpaired) electrons. The molecule has 2 heterocycles. The fourth-order valence-corrected chi connectivity index (χ4v) is 4.79. The van der Waals surface area contributed by atoms with Crippen molar-refractivity contribution in [2.75, 3.05) is 44.7 Å². The summed E-state index contributed by atoms with van der Waals surface area (Å²) in [5, 5.41) is 6.65. The molecule has 1 saturated heterocycles. The summed E-state index contributed by atoms with van der Waals surface area (Å²) in [5.74, 6) is -1.26. The number of nitrogens with zero attached hydrogens (tertiary/aromatic N) is 2. The third kappa shape index (κ3) is 5.93. The largest absolute Gasteiger partial charge is 0.379 e. The number of aryl methyl sites for hydroxylation is 1. The Morgan fingerprint density at radius 2 is 1.76 bits per heavy atom. The van der Waals surface area contributed by atoms with Crippen molar-refractivity contribution in [3.05, 3.63) is 101 Å². The number of fused-ring (bicyclic) bond motifs is 1. The Bertz CT molecular complexity index is 1460. The molecule has 1 fully saturated rings. The first-order valence-corrected chi connectivity index (χ1v) is 12.8. The quantitative estimate of drug-likeness (QED) is 0.364. The van der Waals surface area contributed by atoms with Gasteiger partial charge < -0.3 is 19.9 Å². The van der Waals surface area contributed by atoms with Crippen LogP contribution in [0.3, 0.4) is 0 Å². The fourth-order valence-electron chi connectivity index (χ4n) is 4.79. The minimum absolute atomic E-state index is 0.0232. The van der Waals surface area contributed by atoms with Gasteiger partial charge in [0.2, 0.25) is 0 Å². The second kappa shape index (κ2) is 11.6. The van der Waals surface area contributed by atoms with E-state index < -0.39 is 11.7 Å². The van der Waals surface area contributed by atoms with Gasteiger partial charge in [0.1, 0.15) is 11.5 Å². The number of morpholine rings is 1. The lowest BCUT2D eigenvalue weighted by Gasteiger charge is -2.26. The monoisotopic (exact) mass is 514 g/mol. The van der Waals surface area contributed by atoms with E-state index in [1.165, 1.54) is 12.1 Å². The van der Waals surface area contributed by atoms with Gasteiger partial charge >= 0.3 is 0 Å². The second-order valence-electron chi connectivity index (χ2n) is 9.52. The molecule has 0 bridgehead atoms. The van der Waals surface area contributed by atoms with Gasteiger partial charge in [-0.3, -0.25) is 14.5 Å². The number of hydrogen-bond acceptors (Lipinski definition) is 4. The third-order valence-corrected chi connectivity index (χ3v) is 6.75. The maximum atomic E-state index is 14.1. The molecule has 7 nitrogen and oxygen atoms in total. The van der Waals surface area contributed by atoms with Crippen molar-refractivity contribution >= 4 is 28.4 Å². The first-order valence-electron chi connectivity index (χ1n) is 12.8. The van der Waals surface area contributed by atoms with Crippen LogP contribution in [0, 0.1) is 12.7 Å². The molecule has 2 N–H and O–H groups in total. The lowest BCUT2D eigenvalue weighted by molar-refractivity contribution is 0.0383. The van der Waals surface area contributed by atoms with Crippen molar-refractivity contribution in [3.8, 4) is 0 Å². The standard InChI is InChI=1S/C30H31FN4O3/c1-21-5-4-6-22(17-21)20-35-27-10-9-24(33-29(36)25-7-2-3-8-26(25)31)18-23(27)19-28(35)30(37)32-11-12-34-13-15-38-16-14-34/h2-10,17-19H,11-16,20H2,1H3,(H,32,37)(H,33,36). The van der Waals surface area contributed by atoms with Gasteiger partial charge in [0.25, 0.3) is 11.8 Å². The number of nitrogens with one attached hydrogen (secondary N) is 2. The zero-order valence-corrected chi connectivity index (χ0v) is 21.4. The number of aromatic nitrogens is 1. The highest BCUT2D eigenvalue weighted by Gasteiger charge is 2.18. The highest BCUT2D eigenvalue weighted by atomic mass is 19.1. The predicted molar refractivity (Wildman–Crippen MR) is 146 cm³/mol. The Labute approximate surface area is 221 Å². The summed E-state index contributed by atoms with van der Waals surface area (Å²) >= 11 is 0. The zero-order valence-electron chi connectivity index (χ0n) is 21.4. The lowest BCUT2D eigenvalue weighted by atomic mass is 10.1. The van der Waals surface area contributed by atoms with Gasteiger partial charge in [0.05, 0.1) is 18.8 Å². The zero-order chi connectivity index (χ0) is 26.5.